The fourth-order valence-corrected chi connectivity index (χ4v) is 4.35. The molecule has 7 heteroatoms. The minimum absolute atomic E-state index is 0.141. The molecular formula is C18H23N5O2. The summed E-state index contributed by atoms with van der Waals surface area (Å²) in [4.78, 5) is 27.9. The second-order valence-electron chi connectivity index (χ2n) is 7.20. The molecule has 3 heterocycles. The Labute approximate surface area is 146 Å². The van der Waals surface area contributed by atoms with Crippen molar-refractivity contribution in [2.24, 2.45) is 5.73 Å². The van der Waals surface area contributed by atoms with E-state index in [2.05, 4.69) is 17.0 Å². The van der Waals surface area contributed by atoms with Crippen LogP contribution in [0.3, 0.4) is 0 Å². The van der Waals surface area contributed by atoms with Crippen molar-refractivity contribution in [1.29, 1.82) is 0 Å². The summed E-state index contributed by atoms with van der Waals surface area (Å²) in [6.45, 7) is 3.14. The van der Waals surface area contributed by atoms with Crippen LogP contribution in [0.25, 0.3) is 10.9 Å². The molecule has 2 aliphatic rings. The lowest BCUT2D eigenvalue weighted by Crippen LogP contribution is -2.61. The molecule has 0 saturated carbocycles. The van der Waals surface area contributed by atoms with Crippen molar-refractivity contribution in [3.63, 3.8) is 0 Å². The van der Waals surface area contributed by atoms with E-state index >= 15 is 0 Å². The first-order chi connectivity index (χ1) is 12.0. The quantitative estimate of drug-likeness (QED) is 0.883. The number of benzene rings is 1. The second-order valence-corrected chi connectivity index (χ2v) is 7.20. The maximum Gasteiger partial charge on any atom is 0.269 e. The van der Waals surface area contributed by atoms with Crippen LogP contribution in [0.2, 0.25) is 0 Å². The van der Waals surface area contributed by atoms with Gasteiger partial charge in [0.25, 0.3) is 5.91 Å². The third kappa shape index (κ3) is 2.59. The van der Waals surface area contributed by atoms with Gasteiger partial charge in [-0.2, -0.15) is 5.10 Å². The molecule has 2 aromatic rings. The van der Waals surface area contributed by atoms with Crippen LogP contribution in [-0.2, 0) is 4.79 Å². The molecule has 2 aliphatic heterocycles. The van der Waals surface area contributed by atoms with E-state index < -0.39 is 5.91 Å². The number of hydrogen-bond acceptors (Lipinski definition) is 4. The summed E-state index contributed by atoms with van der Waals surface area (Å²) < 4.78 is 1.98. The first-order valence-corrected chi connectivity index (χ1v) is 8.70. The van der Waals surface area contributed by atoms with Crippen LogP contribution in [0.15, 0.2) is 24.3 Å². The highest BCUT2D eigenvalue weighted by Gasteiger charge is 2.41. The molecule has 0 radical (unpaired) electrons. The maximum atomic E-state index is 11.8. The van der Waals surface area contributed by atoms with Crippen molar-refractivity contribution in [3.8, 4) is 0 Å². The molecule has 2 saturated heterocycles. The van der Waals surface area contributed by atoms with Gasteiger partial charge < -0.3 is 10.6 Å². The molecule has 2 unspecified atom stereocenters. The lowest BCUT2D eigenvalue weighted by Gasteiger charge is -2.50. The number of primary amides is 1. The Hall–Kier alpha value is -2.41. The molecule has 2 fully saturated rings. The summed E-state index contributed by atoms with van der Waals surface area (Å²) in [7, 11) is 2.14. The van der Waals surface area contributed by atoms with Gasteiger partial charge >= 0.3 is 0 Å². The Morgan fingerprint density at radius 2 is 1.76 bits per heavy atom. The number of hydrogen-bond donors (Lipinski definition) is 1. The Morgan fingerprint density at radius 3 is 2.36 bits per heavy atom. The molecule has 2 atom stereocenters. The van der Waals surface area contributed by atoms with Crippen LogP contribution in [0, 0.1) is 0 Å². The van der Waals surface area contributed by atoms with Gasteiger partial charge in [-0.25, -0.2) is 0 Å². The van der Waals surface area contributed by atoms with Gasteiger partial charge in [-0.05, 0) is 26.0 Å². The predicted octanol–water partition coefficient (Wildman–Crippen LogP) is 1.00. The van der Waals surface area contributed by atoms with E-state index in [0.29, 0.717) is 17.8 Å². The summed E-state index contributed by atoms with van der Waals surface area (Å²) in [5.41, 5.74) is 6.81. The molecule has 0 aliphatic carbocycles. The molecule has 0 spiro atoms. The van der Waals surface area contributed by atoms with Crippen LogP contribution in [-0.4, -0.2) is 63.6 Å². The van der Waals surface area contributed by atoms with Crippen molar-refractivity contribution in [3.05, 3.63) is 30.0 Å². The summed E-state index contributed by atoms with van der Waals surface area (Å²) in [5, 5.41) is 5.37. The van der Waals surface area contributed by atoms with Crippen molar-refractivity contribution in [1.82, 2.24) is 19.6 Å². The number of rotatable bonds is 2. The Balaban J connectivity index is 1.69. The van der Waals surface area contributed by atoms with Gasteiger partial charge in [0, 0.05) is 37.5 Å². The Bertz CT molecular complexity index is 829. The minimum Gasteiger partial charge on any atom is -0.364 e. The molecule has 132 valence electrons. The zero-order chi connectivity index (χ0) is 17.7. The lowest BCUT2D eigenvalue weighted by molar-refractivity contribution is -0.135. The average molecular weight is 341 g/mol. The molecular weight excluding hydrogens is 318 g/mol. The molecule has 25 heavy (non-hydrogen) atoms. The highest BCUT2D eigenvalue weighted by atomic mass is 16.2. The van der Waals surface area contributed by atoms with E-state index in [-0.39, 0.29) is 11.9 Å². The number of para-hydroxylation sites is 1. The number of fused-ring (bicyclic) bond motifs is 3. The largest absolute Gasteiger partial charge is 0.364 e. The van der Waals surface area contributed by atoms with Gasteiger partial charge in [0.1, 0.15) is 0 Å². The van der Waals surface area contributed by atoms with Crippen molar-refractivity contribution < 1.29 is 9.59 Å². The number of nitrogens with zero attached hydrogens (tertiary/aromatic N) is 4. The second kappa shape index (κ2) is 5.84. The average Bonchev–Trinajstić information content (AvgIpc) is 2.94. The smallest absolute Gasteiger partial charge is 0.269 e. The maximum absolute atomic E-state index is 11.8. The van der Waals surface area contributed by atoms with Crippen molar-refractivity contribution in [2.45, 2.75) is 37.9 Å². The Morgan fingerprint density at radius 1 is 1.12 bits per heavy atom. The van der Waals surface area contributed by atoms with Gasteiger partial charge in [-0.1, -0.05) is 18.2 Å². The SMILES string of the molecule is CC(=O)N1CC2CC(n3nc(C(N)=O)c4ccccc43)CC(C1)N2C. The first-order valence-electron chi connectivity index (χ1n) is 8.70. The van der Waals surface area contributed by atoms with Crippen molar-refractivity contribution >= 4 is 22.7 Å². The molecule has 1 aromatic heterocycles. The number of nitrogens with two attached hydrogens (primary N) is 1. The number of aromatic nitrogens is 2. The molecule has 4 rings (SSSR count). The van der Waals surface area contributed by atoms with E-state index in [1.165, 1.54) is 0 Å². The van der Waals surface area contributed by atoms with Gasteiger partial charge in [0.05, 0.1) is 11.6 Å². The highest BCUT2D eigenvalue weighted by Crippen LogP contribution is 2.36. The molecule has 1 aromatic carbocycles. The summed E-state index contributed by atoms with van der Waals surface area (Å²) in [6.07, 6.45) is 1.81. The number of likely N-dealkylation sites (tertiary alicyclic amines) is 1. The standard InChI is InChI=1S/C18H23N5O2/c1-11(24)22-9-13-7-12(8-14(10-22)21(13)2)23-16-6-4-3-5-15(16)17(20-23)18(19)25/h3-6,12-14H,7-10H2,1-2H3,(H2,19,25). The number of carbonyl (C=O) groups is 2. The fourth-order valence-electron chi connectivity index (χ4n) is 4.35. The fraction of sp³-hybridized carbons (Fsp3) is 0.500. The monoisotopic (exact) mass is 341 g/mol. The van der Waals surface area contributed by atoms with Crippen molar-refractivity contribution in [2.75, 3.05) is 20.1 Å². The van der Waals surface area contributed by atoms with Crippen LogP contribution in [0.1, 0.15) is 36.3 Å². The minimum atomic E-state index is -0.495. The topological polar surface area (TPSA) is 84.5 Å². The normalized spacial score (nSPS) is 26.8. The van der Waals surface area contributed by atoms with E-state index in [4.69, 9.17) is 5.73 Å². The number of carbonyl (C=O) groups excluding carboxylic acids is 2. The molecule has 2 bridgehead atoms. The van der Waals surface area contributed by atoms with E-state index in [1.807, 2.05) is 33.8 Å². The lowest BCUT2D eigenvalue weighted by atomic mass is 9.88. The zero-order valence-corrected chi connectivity index (χ0v) is 14.6. The van der Waals surface area contributed by atoms with E-state index in [0.717, 1.165) is 36.8 Å². The van der Waals surface area contributed by atoms with Gasteiger partial charge in [0.15, 0.2) is 5.69 Å². The summed E-state index contributed by atoms with van der Waals surface area (Å²) >= 11 is 0. The molecule has 2 amide bonds. The number of amides is 2. The van der Waals surface area contributed by atoms with E-state index in [1.54, 1.807) is 6.92 Å². The molecule has 7 nitrogen and oxygen atoms in total. The summed E-state index contributed by atoms with van der Waals surface area (Å²) in [5.74, 6) is -0.354. The van der Waals surface area contributed by atoms with Crippen LogP contribution in [0.5, 0.6) is 0 Å². The van der Waals surface area contributed by atoms with E-state index in [9.17, 15) is 9.59 Å². The number of piperazine rings is 1. The predicted molar refractivity (Wildman–Crippen MR) is 94.1 cm³/mol. The highest BCUT2D eigenvalue weighted by molar-refractivity contribution is 6.04. The third-order valence-corrected chi connectivity index (χ3v) is 5.74. The number of piperidine rings is 1. The third-order valence-electron chi connectivity index (χ3n) is 5.74. The number of likely N-dealkylation sites (N-methyl/N-ethyl adjacent to an activating group) is 1. The van der Waals surface area contributed by atoms with Crippen LogP contribution >= 0.6 is 0 Å². The molecule has 2 N–H and O–H groups in total. The zero-order valence-electron chi connectivity index (χ0n) is 14.6. The van der Waals surface area contributed by atoms with Crippen LogP contribution < -0.4 is 5.73 Å². The van der Waals surface area contributed by atoms with Crippen LogP contribution in [0.4, 0.5) is 0 Å². The van der Waals surface area contributed by atoms with Gasteiger partial charge in [-0.15, -0.1) is 0 Å². The first kappa shape index (κ1) is 16.1. The van der Waals surface area contributed by atoms with Gasteiger partial charge in [0.2, 0.25) is 5.91 Å². The Kier molecular flexibility index (Phi) is 3.76. The summed E-state index contributed by atoms with van der Waals surface area (Å²) in [6, 6.07) is 8.56. The van der Waals surface area contributed by atoms with Gasteiger partial charge in [-0.3, -0.25) is 19.2 Å².